The maximum atomic E-state index is 10.7. The van der Waals surface area contributed by atoms with E-state index in [0.717, 1.165) is 6.92 Å². The van der Waals surface area contributed by atoms with Gasteiger partial charge in [0, 0.05) is 0 Å². The lowest BCUT2D eigenvalue weighted by Gasteiger charge is -2.35. The fraction of sp³-hybridized carbons (Fsp3) is 0.625. The van der Waals surface area contributed by atoms with Crippen molar-refractivity contribution in [2.75, 3.05) is 0 Å². The first-order valence-corrected chi connectivity index (χ1v) is 4.25. The maximum Gasteiger partial charge on any atom is 0.340 e. The molecule has 0 aliphatic rings. The fourth-order valence-corrected chi connectivity index (χ4v) is 1.24. The second-order valence-corrected chi connectivity index (χ2v) is 3.25. The Morgan fingerprint density at radius 1 is 0.938 bits per heavy atom. The molecule has 0 radical (unpaired) electrons. The van der Waals surface area contributed by atoms with Crippen molar-refractivity contribution in [3.63, 3.8) is 0 Å². The molecule has 2 atom stereocenters. The lowest BCUT2D eigenvalue weighted by molar-refractivity contribution is -0.210. The molecule has 0 heterocycles. The monoisotopic (exact) mass is 236 g/mol. The molecule has 0 saturated carbocycles. The van der Waals surface area contributed by atoms with E-state index in [0.29, 0.717) is 0 Å². The minimum atomic E-state index is -3.28. The molecule has 2 unspecified atom stereocenters. The fourth-order valence-electron chi connectivity index (χ4n) is 1.24. The molecule has 0 aromatic heterocycles. The molecule has 0 aromatic rings. The lowest BCUT2D eigenvalue weighted by atomic mass is 9.78. The average Bonchev–Trinajstić information content (AvgIpc) is 2.14. The van der Waals surface area contributed by atoms with Crippen LogP contribution in [-0.4, -0.2) is 54.6 Å². The molecule has 0 spiro atoms. The summed E-state index contributed by atoms with van der Waals surface area (Å²) in [5.41, 5.74) is -6.34. The van der Waals surface area contributed by atoms with Gasteiger partial charge in [-0.05, 0) is 6.42 Å². The topological polar surface area (TPSA) is 152 Å². The molecular formula is C8H12O8. The van der Waals surface area contributed by atoms with Gasteiger partial charge in [0.1, 0.15) is 0 Å². The molecule has 5 N–H and O–H groups in total. The van der Waals surface area contributed by atoms with E-state index in [2.05, 4.69) is 0 Å². The Kier molecular flexibility index (Phi) is 3.99. The standard InChI is InChI=1S/C8H12O8/c1-2-7(15,5(11)12)8(16,6(13)14)3-4(9)10/h15-16H,2-3H2,1H3,(H,9,10)(H,11,12)(H,13,14). The number of carbonyl (C=O) groups is 3. The smallest absolute Gasteiger partial charge is 0.340 e. The van der Waals surface area contributed by atoms with Gasteiger partial charge in [-0.3, -0.25) is 4.79 Å². The third kappa shape index (κ3) is 2.12. The van der Waals surface area contributed by atoms with Crippen LogP contribution in [0.25, 0.3) is 0 Å². The van der Waals surface area contributed by atoms with Crippen LogP contribution in [0, 0.1) is 0 Å². The van der Waals surface area contributed by atoms with E-state index in [1.807, 2.05) is 0 Å². The van der Waals surface area contributed by atoms with Crippen molar-refractivity contribution in [3.8, 4) is 0 Å². The highest BCUT2D eigenvalue weighted by molar-refractivity contribution is 5.93. The molecule has 92 valence electrons. The van der Waals surface area contributed by atoms with Crippen LogP contribution in [0.3, 0.4) is 0 Å². The summed E-state index contributed by atoms with van der Waals surface area (Å²) in [5, 5.41) is 44.8. The van der Waals surface area contributed by atoms with Gasteiger partial charge >= 0.3 is 17.9 Å². The third-order valence-electron chi connectivity index (χ3n) is 2.31. The number of rotatable bonds is 6. The highest BCUT2D eigenvalue weighted by Gasteiger charge is 2.60. The molecule has 0 rings (SSSR count). The van der Waals surface area contributed by atoms with Crippen molar-refractivity contribution in [2.24, 2.45) is 0 Å². The zero-order chi connectivity index (χ0) is 13.1. The van der Waals surface area contributed by atoms with Gasteiger partial charge in [0.05, 0.1) is 6.42 Å². The van der Waals surface area contributed by atoms with Crippen LogP contribution in [0.4, 0.5) is 0 Å². The Morgan fingerprint density at radius 3 is 1.50 bits per heavy atom. The van der Waals surface area contributed by atoms with Gasteiger partial charge in [0.25, 0.3) is 0 Å². The molecule has 8 nitrogen and oxygen atoms in total. The highest BCUT2D eigenvalue weighted by Crippen LogP contribution is 2.30. The van der Waals surface area contributed by atoms with Gasteiger partial charge < -0.3 is 25.5 Å². The minimum Gasteiger partial charge on any atom is -0.481 e. The summed E-state index contributed by atoms with van der Waals surface area (Å²) < 4.78 is 0. The Morgan fingerprint density at radius 2 is 1.31 bits per heavy atom. The normalized spacial score (nSPS) is 18.2. The first kappa shape index (κ1) is 14.3. The summed E-state index contributed by atoms with van der Waals surface area (Å²) in [5.74, 6) is -5.85. The molecule has 8 heteroatoms. The first-order valence-electron chi connectivity index (χ1n) is 4.25. The van der Waals surface area contributed by atoms with Gasteiger partial charge in [-0.2, -0.15) is 0 Å². The maximum absolute atomic E-state index is 10.7. The van der Waals surface area contributed by atoms with E-state index in [4.69, 9.17) is 15.3 Å². The number of aliphatic hydroxyl groups is 2. The van der Waals surface area contributed by atoms with Crippen LogP contribution in [0.5, 0.6) is 0 Å². The zero-order valence-corrected chi connectivity index (χ0v) is 8.38. The predicted molar refractivity (Wildman–Crippen MR) is 47.7 cm³/mol. The predicted octanol–water partition coefficient (Wildman–Crippen LogP) is -1.50. The van der Waals surface area contributed by atoms with Crippen LogP contribution in [0.15, 0.2) is 0 Å². The Hall–Kier alpha value is -1.67. The highest BCUT2D eigenvalue weighted by atomic mass is 16.5. The summed E-state index contributed by atoms with van der Waals surface area (Å²) in [4.78, 5) is 31.8. The summed E-state index contributed by atoms with van der Waals surface area (Å²) in [7, 11) is 0. The van der Waals surface area contributed by atoms with Crippen molar-refractivity contribution in [1.29, 1.82) is 0 Å². The first-order chi connectivity index (χ1) is 7.11. The molecule has 16 heavy (non-hydrogen) atoms. The summed E-state index contributed by atoms with van der Waals surface area (Å²) in [6.07, 6.45) is -2.07. The van der Waals surface area contributed by atoms with E-state index >= 15 is 0 Å². The number of hydrogen-bond acceptors (Lipinski definition) is 5. The number of hydrogen-bond donors (Lipinski definition) is 5. The number of carboxylic acid groups (broad SMARTS) is 3. The molecule has 0 aromatic carbocycles. The van der Waals surface area contributed by atoms with E-state index in [-0.39, 0.29) is 0 Å². The van der Waals surface area contributed by atoms with E-state index in [1.54, 1.807) is 0 Å². The number of aliphatic carboxylic acids is 3. The molecule has 0 aliphatic carbocycles. The average molecular weight is 236 g/mol. The summed E-state index contributed by atoms with van der Waals surface area (Å²) in [6, 6.07) is 0. The van der Waals surface area contributed by atoms with Gasteiger partial charge in [-0.1, -0.05) is 6.92 Å². The third-order valence-corrected chi connectivity index (χ3v) is 2.31. The Balaban J connectivity index is 5.57. The molecule has 0 bridgehead atoms. The van der Waals surface area contributed by atoms with Crippen molar-refractivity contribution in [2.45, 2.75) is 31.0 Å². The largest absolute Gasteiger partial charge is 0.481 e. The van der Waals surface area contributed by atoms with Gasteiger partial charge in [0.2, 0.25) is 11.2 Å². The zero-order valence-electron chi connectivity index (χ0n) is 8.38. The van der Waals surface area contributed by atoms with Gasteiger partial charge in [-0.15, -0.1) is 0 Å². The van der Waals surface area contributed by atoms with Crippen molar-refractivity contribution >= 4 is 17.9 Å². The second kappa shape index (κ2) is 4.45. The second-order valence-electron chi connectivity index (χ2n) is 3.25. The minimum absolute atomic E-state index is 0.654. The summed E-state index contributed by atoms with van der Waals surface area (Å²) in [6.45, 7) is 1.11. The quantitative estimate of drug-likeness (QED) is 0.373. The summed E-state index contributed by atoms with van der Waals surface area (Å²) >= 11 is 0. The molecule has 0 amide bonds. The van der Waals surface area contributed by atoms with E-state index < -0.39 is 42.0 Å². The van der Waals surface area contributed by atoms with Crippen molar-refractivity contribution in [1.82, 2.24) is 0 Å². The van der Waals surface area contributed by atoms with Crippen LogP contribution in [0.1, 0.15) is 19.8 Å². The Labute approximate surface area is 89.7 Å². The molecule has 0 fully saturated rings. The molecule has 0 saturated heterocycles. The SMILES string of the molecule is CCC(O)(C(=O)O)C(O)(CC(=O)O)C(=O)O. The van der Waals surface area contributed by atoms with Gasteiger partial charge in [0.15, 0.2) is 0 Å². The lowest BCUT2D eigenvalue weighted by Crippen LogP contribution is -2.64. The van der Waals surface area contributed by atoms with Crippen LogP contribution >= 0.6 is 0 Å². The van der Waals surface area contributed by atoms with Gasteiger partial charge in [-0.25, -0.2) is 9.59 Å². The molecular weight excluding hydrogens is 224 g/mol. The Bertz CT molecular complexity index is 324. The van der Waals surface area contributed by atoms with Crippen LogP contribution in [-0.2, 0) is 14.4 Å². The van der Waals surface area contributed by atoms with Crippen LogP contribution < -0.4 is 0 Å². The molecule has 0 aliphatic heterocycles. The van der Waals surface area contributed by atoms with Crippen molar-refractivity contribution < 1.29 is 39.9 Å². The number of carboxylic acids is 3. The van der Waals surface area contributed by atoms with E-state index in [1.165, 1.54) is 0 Å². The van der Waals surface area contributed by atoms with Crippen LogP contribution in [0.2, 0.25) is 0 Å². The van der Waals surface area contributed by atoms with E-state index in [9.17, 15) is 24.6 Å². The van der Waals surface area contributed by atoms with Crippen molar-refractivity contribution in [3.05, 3.63) is 0 Å².